The van der Waals surface area contributed by atoms with Crippen molar-refractivity contribution >= 4 is 15.9 Å². The third kappa shape index (κ3) is 4.03. The standard InChI is InChI=1S/C16H23BrFN/c1-11(2)14-5-3-4-6-16(14)19-10-12-9-13(17)7-8-15(12)18/h7-9,11,14,16,19H,3-6,10H2,1-2H3. The minimum atomic E-state index is -0.118. The Morgan fingerprint density at radius 3 is 2.79 bits per heavy atom. The predicted octanol–water partition coefficient (Wildman–Crippen LogP) is 4.89. The summed E-state index contributed by atoms with van der Waals surface area (Å²) < 4.78 is 14.7. The number of benzene rings is 1. The molecule has 106 valence electrons. The lowest BCUT2D eigenvalue weighted by molar-refractivity contribution is 0.204. The van der Waals surface area contributed by atoms with Gasteiger partial charge < -0.3 is 5.32 Å². The van der Waals surface area contributed by atoms with Crippen molar-refractivity contribution in [2.24, 2.45) is 11.8 Å². The van der Waals surface area contributed by atoms with Gasteiger partial charge in [0.05, 0.1) is 0 Å². The Morgan fingerprint density at radius 2 is 2.05 bits per heavy atom. The highest BCUT2D eigenvalue weighted by Crippen LogP contribution is 2.30. The molecule has 2 atom stereocenters. The van der Waals surface area contributed by atoms with Crippen LogP contribution in [0.1, 0.15) is 45.1 Å². The summed E-state index contributed by atoms with van der Waals surface area (Å²) in [6, 6.07) is 5.68. The third-order valence-electron chi connectivity index (χ3n) is 4.24. The molecular weight excluding hydrogens is 305 g/mol. The Hall–Kier alpha value is -0.410. The molecule has 0 spiro atoms. The molecule has 1 aliphatic rings. The zero-order chi connectivity index (χ0) is 13.8. The Labute approximate surface area is 124 Å². The minimum Gasteiger partial charge on any atom is -0.310 e. The normalized spacial score (nSPS) is 23.8. The lowest BCUT2D eigenvalue weighted by atomic mass is 9.78. The fraction of sp³-hybridized carbons (Fsp3) is 0.625. The van der Waals surface area contributed by atoms with Crippen LogP contribution in [-0.2, 0) is 6.54 Å². The monoisotopic (exact) mass is 327 g/mol. The van der Waals surface area contributed by atoms with Crippen LogP contribution in [0.4, 0.5) is 4.39 Å². The first kappa shape index (κ1) is 15.0. The van der Waals surface area contributed by atoms with Gasteiger partial charge in [0.1, 0.15) is 5.82 Å². The third-order valence-corrected chi connectivity index (χ3v) is 4.73. The molecule has 2 unspecified atom stereocenters. The summed E-state index contributed by atoms with van der Waals surface area (Å²) in [5.74, 6) is 1.31. The second-order valence-electron chi connectivity index (χ2n) is 5.92. The second kappa shape index (κ2) is 6.85. The van der Waals surface area contributed by atoms with Gasteiger partial charge in [0, 0.05) is 22.6 Å². The molecule has 1 N–H and O–H groups in total. The molecule has 1 fully saturated rings. The van der Waals surface area contributed by atoms with E-state index < -0.39 is 0 Å². The van der Waals surface area contributed by atoms with Crippen LogP contribution in [0.3, 0.4) is 0 Å². The van der Waals surface area contributed by atoms with E-state index in [0.717, 1.165) is 16.0 Å². The molecule has 0 amide bonds. The van der Waals surface area contributed by atoms with Gasteiger partial charge in [-0.15, -0.1) is 0 Å². The summed E-state index contributed by atoms with van der Waals surface area (Å²) in [4.78, 5) is 0. The van der Waals surface area contributed by atoms with Crippen molar-refractivity contribution in [3.63, 3.8) is 0 Å². The van der Waals surface area contributed by atoms with E-state index in [0.29, 0.717) is 18.5 Å². The quantitative estimate of drug-likeness (QED) is 0.829. The highest BCUT2D eigenvalue weighted by Gasteiger charge is 2.27. The average molecular weight is 328 g/mol. The molecule has 3 heteroatoms. The van der Waals surface area contributed by atoms with Gasteiger partial charge >= 0.3 is 0 Å². The van der Waals surface area contributed by atoms with Crippen LogP contribution in [0, 0.1) is 17.7 Å². The molecule has 0 saturated heterocycles. The lowest BCUT2D eigenvalue weighted by Crippen LogP contribution is -2.40. The van der Waals surface area contributed by atoms with Crippen LogP contribution in [0.5, 0.6) is 0 Å². The fourth-order valence-electron chi connectivity index (χ4n) is 3.13. The van der Waals surface area contributed by atoms with Crippen molar-refractivity contribution in [3.8, 4) is 0 Å². The van der Waals surface area contributed by atoms with Crippen LogP contribution in [0.25, 0.3) is 0 Å². The average Bonchev–Trinajstić information content (AvgIpc) is 2.40. The van der Waals surface area contributed by atoms with E-state index in [1.807, 2.05) is 6.07 Å². The maximum Gasteiger partial charge on any atom is 0.127 e. The van der Waals surface area contributed by atoms with Gasteiger partial charge in [0.2, 0.25) is 0 Å². The zero-order valence-corrected chi connectivity index (χ0v) is 13.3. The summed E-state index contributed by atoms with van der Waals surface area (Å²) in [6.45, 7) is 5.22. The summed E-state index contributed by atoms with van der Waals surface area (Å²) in [5.41, 5.74) is 0.752. The van der Waals surface area contributed by atoms with Gasteiger partial charge in [-0.05, 0) is 42.9 Å². The Bertz CT molecular complexity index is 419. The van der Waals surface area contributed by atoms with Crippen molar-refractivity contribution in [2.75, 3.05) is 0 Å². The van der Waals surface area contributed by atoms with E-state index in [1.54, 1.807) is 6.07 Å². The van der Waals surface area contributed by atoms with Crippen LogP contribution in [0.2, 0.25) is 0 Å². The van der Waals surface area contributed by atoms with E-state index in [-0.39, 0.29) is 5.82 Å². The number of halogens is 2. The molecule has 2 rings (SSSR count). The molecule has 1 aliphatic carbocycles. The molecule has 19 heavy (non-hydrogen) atoms. The van der Waals surface area contributed by atoms with Crippen molar-refractivity contribution in [1.29, 1.82) is 0 Å². The maximum absolute atomic E-state index is 13.7. The highest BCUT2D eigenvalue weighted by molar-refractivity contribution is 9.10. The first-order valence-electron chi connectivity index (χ1n) is 7.25. The first-order valence-corrected chi connectivity index (χ1v) is 8.04. The fourth-order valence-corrected chi connectivity index (χ4v) is 3.54. The summed E-state index contributed by atoms with van der Waals surface area (Å²) in [5, 5.41) is 3.58. The van der Waals surface area contributed by atoms with E-state index in [4.69, 9.17) is 0 Å². The SMILES string of the molecule is CC(C)C1CCCCC1NCc1cc(Br)ccc1F. The molecule has 1 nitrogen and oxygen atoms in total. The number of nitrogens with one attached hydrogen (secondary N) is 1. The summed E-state index contributed by atoms with van der Waals surface area (Å²) >= 11 is 3.40. The van der Waals surface area contributed by atoms with E-state index >= 15 is 0 Å². The van der Waals surface area contributed by atoms with Gasteiger partial charge in [0.15, 0.2) is 0 Å². The number of rotatable bonds is 4. The van der Waals surface area contributed by atoms with Crippen LogP contribution in [0.15, 0.2) is 22.7 Å². The predicted molar refractivity (Wildman–Crippen MR) is 81.5 cm³/mol. The molecule has 1 aromatic carbocycles. The first-order chi connectivity index (χ1) is 9.08. The van der Waals surface area contributed by atoms with Gasteiger partial charge in [-0.3, -0.25) is 0 Å². The van der Waals surface area contributed by atoms with Crippen molar-refractivity contribution in [3.05, 3.63) is 34.1 Å². The van der Waals surface area contributed by atoms with E-state index in [2.05, 4.69) is 35.1 Å². The molecule has 1 aromatic rings. The minimum absolute atomic E-state index is 0.118. The Balaban J connectivity index is 1.98. The molecule has 0 heterocycles. The summed E-state index contributed by atoms with van der Waals surface area (Å²) in [7, 11) is 0. The molecule has 0 aliphatic heterocycles. The Kier molecular flexibility index (Phi) is 5.40. The summed E-state index contributed by atoms with van der Waals surface area (Å²) in [6.07, 6.45) is 5.16. The molecule has 0 aromatic heterocycles. The van der Waals surface area contributed by atoms with Crippen LogP contribution < -0.4 is 5.32 Å². The van der Waals surface area contributed by atoms with E-state index in [9.17, 15) is 4.39 Å². The maximum atomic E-state index is 13.7. The van der Waals surface area contributed by atoms with E-state index in [1.165, 1.54) is 31.7 Å². The molecule has 1 saturated carbocycles. The lowest BCUT2D eigenvalue weighted by Gasteiger charge is -2.35. The smallest absolute Gasteiger partial charge is 0.127 e. The highest BCUT2D eigenvalue weighted by atomic mass is 79.9. The van der Waals surface area contributed by atoms with Crippen LogP contribution >= 0.6 is 15.9 Å². The van der Waals surface area contributed by atoms with Crippen molar-refractivity contribution in [2.45, 2.75) is 52.1 Å². The second-order valence-corrected chi connectivity index (χ2v) is 6.83. The Morgan fingerprint density at radius 1 is 1.32 bits per heavy atom. The van der Waals surface area contributed by atoms with Crippen molar-refractivity contribution < 1.29 is 4.39 Å². The largest absolute Gasteiger partial charge is 0.310 e. The van der Waals surface area contributed by atoms with Gasteiger partial charge in [-0.2, -0.15) is 0 Å². The molecular formula is C16H23BrFN. The number of hydrogen-bond donors (Lipinski definition) is 1. The zero-order valence-electron chi connectivity index (χ0n) is 11.8. The van der Waals surface area contributed by atoms with Crippen molar-refractivity contribution in [1.82, 2.24) is 5.32 Å². The van der Waals surface area contributed by atoms with Gasteiger partial charge in [-0.1, -0.05) is 42.6 Å². The van der Waals surface area contributed by atoms with Gasteiger partial charge in [-0.25, -0.2) is 4.39 Å². The topological polar surface area (TPSA) is 12.0 Å². The number of hydrogen-bond acceptors (Lipinski definition) is 1. The van der Waals surface area contributed by atoms with Gasteiger partial charge in [0.25, 0.3) is 0 Å². The molecule has 0 bridgehead atoms. The van der Waals surface area contributed by atoms with Crippen LogP contribution in [-0.4, -0.2) is 6.04 Å². The molecule has 0 radical (unpaired) electrons.